The van der Waals surface area contributed by atoms with Crippen molar-refractivity contribution in [1.82, 2.24) is 4.90 Å². The lowest BCUT2D eigenvalue weighted by atomic mass is 10.1. The molecule has 0 atom stereocenters. The number of hydrogen-bond acceptors (Lipinski definition) is 2. The van der Waals surface area contributed by atoms with Gasteiger partial charge < -0.3 is 0 Å². The Morgan fingerprint density at radius 2 is 1.53 bits per heavy atom. The van der Waals surface area contributed by atoms with Crippen LogP contribution in [0.25, 0.3) is 0 Å². The van der Waals surface area contributed by atoms with Gasteiger partial charge in [0.25, 0.3) is 0 Å². The highest BCUT2D eigenvalue weighted by Crippen LogP contribution is 2.30. The highest BCUT2D eigenvalue weighted by Gasteiger charge is 2.30. The Morgan fingerprint density at radius 1 is 1.06 bits per heavy atom. The molecule has 0 unspecified atom stereocenters. The topological polar surface area (TPSA) is 20.3 Å². The minimum atomic E-state index is 0.413. The van der Waals surface area contributed by atoms with Crippen LogP contribution < -0.4 is 0 Å². The number of nitrogens with zero attached hydrogens (tertiary/aromatic N) is 1. The van der Waals surface area contributed by atoms with E-state index in [4.69, 9.17) is 0 Å². The number of carbonyl (C=O) groups excluding carboxylic acids is 1. The molecule has 0 bridgehead atoms. The van der Waals surface area contributed by atoms with Crippen molar-refractivity contribution in [1.29, 1.82) is 0 Å². The summed E-state index contributed by atoms with van der Waals surface area (Å²) in [6.45, 7) is 11.9. The van der Waals surface area contributed by atoms with Crippen LogP contribution in [-0.2, 0) is 4.79 Å². The van der Waals surface area contributed by atoms with Gasteiger partial charge in [-0.25, -0.2) is 0 Å². The molecular formula is C15H29NO. The van der Waals surface area contributed by atoms with Gasteiger partial charge in [0, 0.05) is 5.92 Å². The predicted octanol–water partition coefficient (Wildman–Crippen LogP) is 3.36. The van der Waals surface area contributed by atoms with E-state index in [1.807, 2.05) is 0 Å². The molecule has 1 aliphatic rings. The van der Waals surface area contributed by atoms with E-state index in [1.165, 1.54) is 12.8 Å². The van der Waals surface area contributed by atoms with Crippen molar-refractivity contribution < 1.29 is 4.79 Å². The molecular weight excluding hydrogens is 210 g/mol. The third kappa shape index (κ3) is 6.82. The number of Topliss-reactive ketones (excluding diaryl/α,β-unsaturated/α-hetero) is 1. The lowest BCUT2D eigenvalue weighted by Crippen LogP contribution is -2.33. The monoisotopic (exact) mass is 239 g/mol. The predicted molar refractivity (Wildman–Crippen MR) is 73.1 cm³/mol. The molecule has 1 rings (SSSR count). The Labute approximate surface area is 107 Å². The first-order valence-corrected chi connectivity index (χ1v) is 7.24. The van der Waals surface area contributed by atoms with Gasteiger partial charge in [-0.3, -0.25) is 9.69 Å². The first kappa shape index (κ1) is 14.7. The lowest BCUT2D eigenvalue weighted by Gasteiger charge is -2.23. The Hall–Kier alpha value is -0.370. The van der Waals surface area contributed by atoms with Crippen molar-refractivity contribution >= 4 is 5.78 Å². The fourth-order valence-electron chi connectivity index (χ4n) is 1.91. The van der Waals surface area contributed by atoms with Gasteiger partial charge in [0.2, 0.25) is 0 Å². The van der Waals surface area contributed by atoms with E-state index >= 15 is 0 Å². The molecule has 2 nitrogen and oxygen atoms in total. The van der Waals surface area contributed by atoms with Crippen molar-refractivity contribution in [3.05, 3.63) is 0 Å². The van der Waals surface area contributed by atoms with Crippen molar-refractivity contribution in [2.45, 2.75) is 53.4 Å². The molecule has 2 heteroatoms. The number of ketones is 1. The maximum atomic E-state index is 11.9. The Balaban J connectivity index is 2.30. The smallest absolute Gasteiger partial charge is 0.149 e. The molecule has 0 heterocycles. The molecule has 0 saturated heterocycles. The molecule has 0 aromatic carbocycles. The maximum Gasteiger partial charge on any atom is 0.149 e. The summed E-state index contributed by atoms with van der Waals surface area (Å²) in [6.07, 6.45) is 4.69. The molecule has 0 radical (unpaired) electrons. The Bertz CT molecular complexity index is 219. The summed E-state index contributed by atoms with van der Waals surface area (Å²) < 4.78 is 0. The summed E-state index contributed by atoms with van der Waals surface area (Å²) in [5.74, 6) is 2.35. The fraction of sp³-hybridized carbons (Fsp3) is 0.933. The van der Waals surface area contributed by atoms with Crippen molar-refractivity contribution in [3.63, 3.8) is 0 Å². The number of hydrogen-bond donors (Lipinski definition) is 0. The summed E-state index contributed by atoms with van der Waals surface area (Å²) in [5.41, 5.74) is 0. The summed E-state index contributed by atoms with van der Waals surface area (Å²) >= 11 is 0. The van der Waals surface area contributed by atoms with E-state index in [9.17, 15) is 4.79 Å². The standard InChI is InChI=1S/C15H29NO/c1-12(2)7-9-16(10-8-13(3)4)11-15(17)14-5-6-14/h12-14H,5-11H2,1-4H3. The van der Waals surface area contributed by atoms with Gasteiger partial charge in [-0.1, -0.05) is 27.7 Å². The van der Waals surface area contributed by atoms with Crippen LogP contribution in [0.4, 0.5) is 0 Å². The minimum absolute atomic E-state index is 0.413. The molecule has 0 aromatic heterocycles. The van der Waals surface area contributed by atoms with Gasteiger partial charge >= 0.3 is 0 Å². The van der Waals surface area contributed by atoms with E-state index in [2.05, 4.69) is 32.6 Å². The van der Waals surface area contributed by atoms with E-state index in [0.717, 1.165) is 37.8 Å². The van der Waals surface area contributed by atoms with Crippen LogP contribution in [-0.4, -0.2) is 30.3 Å². The molecule has 0 amide bonds. The summed E-state index contributed by atoms with van der Waals surface area (Å²) in [7, 11) is 0. The van der Waals surface area contributed by atoms with Gasteiger partial charge in [0.05, 0.1) is 6.54 Å². The average Bonchev–Trinajstić information content (AvgIpc) is 3.04. The number of rotatable bonds is 9. The zero-order valence-electron chi connectivity index (χ0n) is 12.0. The molecule has 0 spiro atoms. The summed E-state index contributed by atoms with van der Waals surface area (Å²) in [6, 6.07) is 0. The van der Waals surface area contributed by atoms with E-state index in [1.54, 1.807) is 0 Å². The number of carbonyl (C=O) groups is 1. The van der Waals surface area contributed by atoms with Crippen LogP contribution in [0, 0.1) is 17.8 Å². The van der Waals surface area contributed by atoms with Crippen LogP contribution >= 0.6 is 0 Å². The molecule has 17 heavy (non-hydrogen) atoms. The molecule has 0 aliphatic heterocycles. The van der Waals surface area contributed by atoms with Crippen LogP contribution in [0.1, 0.15) is 53.4 Å². The first-order valence-electron chi connectivity index (χ1n) is 7.24. The van der Waals surface area contributed by atoms with E-state index < -0.39 is 0 Å². The summed E-state index contributed by atoms with van der Waals surface area (Å²) in [5, 5.41) is 0. The molecule has 100 valence electrons. The van der Waals surface area contributed by atoms with Gasteiger partial charge in [-0.05, 0) is 50.6 Å². The largest absolute Gasteiger partial charge is 0.298 e. The second-order valence-corrected chi connectivity index (χ2v) is 6.38. The third-order valence-corrected chi connectivity index (χ3v) is 3.46. The van der Waals surface area contributed by atoms with E-state index in [-0.39, 0.29) is 0 Å². The maximum absolute atomic E-state index is 11.9. The van der Waals surface area contributed by atoms with Crippen LogP contribution in [0.5, 0.6) is 0 Å². The second-order valence-electron chi connectivity index (χ2n) is 6.38. The molecule has 0 aromatic rings. The highest BCUT2D eigenvalue weighted by molar-refractivity contribution is 5.84. The van der Waals surface area contributed by atoms with Gasteiger partial charge in [0.15, 0.2) is 0 Å². The molecule has 0 N–H and O–H groups in total. The highest BCUT2D eigenvalue weighted by atomic mass is 16.1. The van der Waals surface area contributed by atoms with Gasteiger partial charge in [-0.15, -0.1) is 0 Å². The normalized spacial score (nSPS) is 16.2. The molecule has 1 fully saturated rings. The quantitative estimate of drug-likeness (QED) is 0.615. The zero-order chi connectivity index (χ0) is 12.8. The third-order valence-electron chi connectivity index (χ3n) is 3.46. The summed E-state index contributed by atoms with van der Waals surface area (Å²) in [4.78, 5) is 14.2. The van der Waals surface area contributed by atoms with Crippen LogP contribution in [0.15, 0.2) is 0 Å². The molecule has 1 aliphatic carbocycles. The van der Waals surface area contributed by atoms with Crippen molar-refractivity contribution in [3.8, 4) is 0 Å². The van der Waals surface area contributed by atoms with Crippen molar-refractivity contribution in [2.75, 3.05) is 19.6 Å². The van der Waals surface area contributed by atoms with Gasteiger partial charge in [0.1, 0.15) is 5.78 Å². The Kier molecular flexibility index (Phi) is 6.18. The zero-order valence-corrected chi connectivity index (χ0v) is 12.0. The fourth-order valence-corrected chi connectivity index (χ4v) is 1.91. The minimum Gasteiger partial charge on any atom is -0.298 e. The average molecular weight is 239 g/mol. The Morgan fingerprint density at radius 3 is 1.88 bits per heavy atom. The van der Waals surface area contributed by atoms with Crippen molar-refractivity contribution in [2.24, 2.45) is 17.8 Å². The van der Waals surface area contributed by atoms with E-state index in [0.29, 0.717) is 18.2 Å². The van der Waals surface area contributed by atoms with Gasteiger partial charge in [-0.2, -0.15) is 0 Å². The van der Waals surface area contributed by atoms with Crippen LogP contribution in [0.2, 0.25) is 0 Å². The van der Waals surface area contributed by atoms with Crippen LogP contribution in [0.3, 0.4) is 0 Å². The molecule has 1 saturated carbocycles. The SMILES string of the molecule is CC(C)CCN(CCC(C)C)CC(=O)C1CC1. The first-order chi connectivity index (χ1) is 7.99. The second kappa shape index (κ2) is 7.15. The lowest BCUT2D eigenvalue weighted by molar-refractivity contribution is -0.121.